The molecule has 1 aromatic carbocycles. The van der Waals surface area contributed by atoms with Crippen molar-refractivity contribution in [2.75, 3.05) is 31.6 Å². The second kappa shape index (κ2) is 6.95. The Balaban J connectivity index is 1.55. The SMILES string of the molecule is Cc1cn2cc(-c3cc4ccc(N5CCN(C)C(C)C5)cc4oc3=O)nc2c(C)n1. The number of hydrogen-bond donors (Lipinski definition) is 0. The molecule has 1 atom stereocenters. The number of nitrogens with zero attached hydrogens (tertiary/aromatic N) is 5. The van der Waals surface area contributed by atoms with Crippen LogP contribution >= 0.6 is 0 Å². The Morgan fingerprint density at radius 3 is 2.73 bits per heavy atom. The molecule has 1 aliphatic rings. The van der Waals surface area contributed by atoms with E-state index in [4.69, 9.17) is 4.42 Å². The molecule has 0 bridgehead atoms. The molecule has 30 heavy (non-hydrogen) atoms. The van der Waals surface area contributed by atoms with E-state index in [9.17, 15) is 4.79 Å². The third-order valence-corrected chi connectivity index (χ3v) is 6.05. The largest absolute Gasteiger partial charge is 0.422 e. The average molecular weight is 403 g/mol. The fourth-order valence-corrected chi connectivity index (χ4v) is 4.19. The Morgan fingerprint density at radius 1 is 1.10 bits per heavy atom. The normalized spacial score (nSPS) is 17.9. The molecule has 0 spiro atoms. The predicted octanol–water partition coefficient (Wildman–Crippen LogP) is 3.26. The molecule has 154 valence electrons. The number of likely N-dealkylation sites (N-methyl/N-ethyl adjacent to an activating group) is 1. The van der Waals surface area contributed by atoms with Gasteiger partial charge in [-0.1, -0.05) is 0 Å². The minimum absolute atomic E-state index is 0.378. The van der Waals surface area contributed by atoms with Gasteiger partial charge in [-0.3, -0.25) is 4.98 Å². The minimum atomic E-state index is -0.378. The molecule has 1 saturated heterocycles. The maximum atomic E-state index is 12.8. The number of piperazine rings is 1. The second-order valence-corrected chi connectivity index (χ2v) is 8.27. The summed E-state index contributed by atoms with van der Waals surface area (Å²) < 4.78 is 7.63. The number of fused-ring (bicyclic) bond motifs is 2. The zero-order valence-electron chi connectivity index (χ0n) is 17.7. The molecule has 0 saturated carbocycles. The van der Waals surface area contributed by atoms with Crippen molar-refractivity contribution in [3.63, 3.8) is 0 Å². The van der Waals surface area contributed by atoms with Gasteiger partial charge in [0.05, 0.1) is 22.6 Å². The smallest absolute Gasteiger partial charge is 0.345 e. The molecule has 4 aromatic rings. The highest BCUT2D eigenvalue weighted by Crippen LogP contribution is 2.26. The van der Waals surface area contributed by atoms with Gasteiger partial charge in [0.25, 0.3) is 0 Å². The van der Waals surface area contributed by atoms with E-state index in [1.165, 1.54) is 0 Å². The monoisotopic (exact) mass is 403 g/mol. The van der Waals surface area contributed by atoms with Crippen LogP contribution < -0.4 is 10.5 Å². The van der Waals surface area contributed by atoms with E-state index in [1.807, 2.05) is 48.8 Å². The summed E-state index contributed by atoms with van der Waals surface area (Å²) in [4.78, 5) is 26.6. The Morgan fingerprint density at radius 2 is 1.93 bits per heavy atom. The van der Waals surface area contributed by atoms with Gasteiger partial charge in [0.2, 0.25) is 0 Å². The standard InChI is InChI=1S/C23H25N5O2/c1-14-11-28-13-20(25-22(28)16(3)24-14)19-9-17-5-6-18(10-21(17)30-23(19)29)27-8-7-26(4)15(2)12-27/h5-6,9-11,13,15H,7-8,12H2,1-4H3. The van der Waals surface area contributed by atoms with Crippen LogP contribution in [0.2, 0.25) is 0 Å². The summed E-state index contributed by atoms with van der Waals surface area (Å²) in [7, 11) is 2.15. The van der Waals surface area contributed by atoms with E-state index < -0.39 is 0 Å². The van der Waals surface area contributed by atoms with Crippen LogP contribution in [0.5, 0.6) is 0 Å². The van der Waals surface area contributed by atoms with Crippen LogP contribution in [-0.4, -0.2) is 52.0 Å². The number of aryl methyl sites for hydroxylation is 2. The van der Waals surface area contributed by atoms with Crippen molar-refractivity contribution in [3.05, 3.63) is 58.5 Å². The summed E-state index contributed by atoms with van der Waals surface area (Å²) in [6, 6.07) is 8.45. The Labute approximate surface area is 174 Å². The van der Waals surface area contributed by atoms with Crippen LogP contribution in [-0.2, 0) is 0 Å². The summed E-state index contributed by atoms with van der Waals surface area (Å²) >= 11 is 0. The molecule has 0 N–H and O–H groups in total. The molecule has 1 aliphatic heterocycles. The maximum absolute atomic E-state index is 12.8. The van der Waals surface area contributed by atoms with Gasteiger partial charge < -0.3 is 18.6 Å². The average Bonchev–Trinajstić information content (AvgIpc) is 3.13. The van der Waals surface area contributed by atoms with Crippen molar-refractivity contribution < 1.29 is 4.42 Å². The number of anilines is 1. The number of benzene rings is 1. The molecule has 0 amide bonds. The molecule has 0 aliphatic carbocycles. The highest BCUT2D eigenvalue weighted by Gasteiger charge is 2.21. The summed E-state index contributed by atoms with van der Waals surface area (Å²) in [5, 5.41) is 0.888. The zero-order chi connectivity index (χ0) is 21.0. The molecule has 3 aromatic heterocycles. The fraction of sp³-hybridized carbons (Fsp3) is 0.348. The first kappa shape index (κ1) is 18.8. The van der Waals surface area contributed by atoms with Crippen LogP contribution in [0.4, 0.5) is 5.69 Å². The van der Waals surface area contributed by atoms with Crippen molar-refractivity contribution in [1.29, 1.82) is 0 Å². The molecule has 7 nitrogen and oxygen atoms in total. The molecule has 4 heterocycles. The van der Waals surface area contributed by atoms with E-state index in [-0.39, 0.29) is 5.63 Å². The van der Waals surface area contributed by atoms with Gasteiger partial charge in [0, 0.05) is 55.2 Å². The van der Waals surface area contributed by atoms with Crippen molar-refractivity contribution >= 4 is 22.3 Å². The third-order valence-electron chi connectivity index (χ3n) is 6.05. The Hall–Kier alpha value is -3.19. The minimum Gasteiger partial charge on any atom is -0.422 e. The Kier molecular flexibility index (Phi) is 4.36. The molecule has 1 fully saturated rings. The number of rotatable bonds is 2. The van der Waals surface area contributed by atoms with Gasteiger partial charge in [0.15, 0.2) is 5.65 Å². The molecule has 5 rings (SSSR count). The van der Waals surface area contributed by atoms with Crippen LogP contribution in [0.15, 0.2) is 45.9 Å². The van der Waals surface area contributed by atoms with Gasteiger partial charge in [-0.2, -0.15) is 0 Å². The first-order chi connectivity index (χ1) is 14.4. The van der Waals surface area contributed by atoms with E-state index in [0.717, 1.165) is 47.7 Å². The van der Waals surface area contributed by atoms with E-state index >= 15 is 0 Å². The van der Waals surface area contributed by atoms with Crippen molar-refractivity contribution in [3.8, 4) is 11.3 Å². The highest BCUT2D eigenvalue weighted by atomic mass is 16.4. The topological polar surface area (TPSA) is 66.9 Å². The quantitative estimate of drug-likeness (QED) is 0.479. The summed E-state index contributed by atoms with van der Waals surface area (Å²) in [6.07, 6.45) is 3.76. The zero-order valence-corrected chi connectivity index (χ0v) is 17.7. The summed E-state index contributed by atoms with van der Waals surface area (Å²) in [5.41, 5.74) is 4.85. The van der Waals surface area contributed by atoms with Crippen molar-refractivity contribution in [2.24, 2.45) is 0 Å². The van der Waals surface area contributed by atoms with Gasteiger partial charge in [-0.05, 0) is 46.0 Å². The molecule has 1 unspecified atom stereocenters. The van der Waals surface area contributed by atoms with E-state index in [1.54, 1.807) is 0 Å². The first-order valence-corrected chi connectivity index (χ1v) is 10.3. The first-order valence-electron chi connectivity index (χ1n) is 10.3. The van der Waals surface area contributed by atoms with Crippen molar-refractivity contribution in [1.82, 2.24) is 19.3 Å². The van der Waals surface area contributed by atoms with Crippen LogP contribution in [0.1, 0.15) is 18.3 Å². The van der Waals surface area contributed by atoms with Crippen LogP contribution in [0, 0.1) is 13.8 Å². The molecule has 0 radical (unpaired) electrons. The lowest BCUT2D eigenvalue weighted by atomic mass is 10.1. The van der Waals surface area contributed by atoms with E-state index in [2.05, 4.69) is 39.8 Å². The van der Waals surface area contributed by atoms with Gasteiger partial charge in [0.1, 0.15) is 5.58 Å². The Bertz CT molecular complexity index is 1320. The highest BCUT2D eigenvalue weighted by molar-refractivity contribution is 5.84. The molecular weight excluding hydrogens is 378 g/mol. The number of imidazole rings is 1. The second-order valence-electron chi connectivity index (χ2n) is 8.27. The third kappa shape index (κ3) is 3.15. The van der Waals surface area contributed by atoms with E-state index in [0.29, 0.717) is 22.9 Å². The predicted molar refractivity (Wildman–Crippen MR) is 118 cm³/mol. The fourth-order valence-electron chi connectivity index (χ4n) is 4.19. The lowest BCUT2D eigenvalue weighted by Crippen LogP contribution is -2.50. The van der Waals surface area contributed by atoms with Crippen LogP contribution in [0.3, 0.4) is 0 Å². The van der Waals surface area contributed by atoms with Gasteiger partial charge >= 0.3 is 5.63 Å². The van der Waals surface area contributed by atoms with Gasteiger partial charge in [-0.25, -0.2) is 9.78 Å². The summed E-state index contributed by atoms with van der Waals surface area (Å²) in [6.45, 7) is 9.02. The molecule has 7 heteroatoms. The van der Waals surface area contributed by atoms with Gasteiger partial charge in [-0.15, -0.1) is 0 Å². The lowest BCUT2D eigenvalue weighted by molar-refractivity contribution is 0.234. The number of hydrogen-bond acceptors (Lipinski definition) is 6. The molecular formula is C23H25N5O2. The lowest BCUT2D eigenvalue weighted by Gasteiger charge is -2.39. The number of aromatic nitrogens is 3. The summed E-state index contributed by atoms with van der Waals surface area (Å²) in [5.74, 6) is 0. The van der Waals surface area contributed by atoms with Crippen LogP contribution in [0.25, 0.3) is 27.9 Å². The van der Waals surface area contributed by atoms with Crippen molar-refractivity contribution in [2.45, 2.75) is 26.8 Å². The maximum Gasteiger partial charge on any atom is 0.345 e.